The maximum absolute atomic E-state index is 14.0. The number of nitrogens with two attached hydrogens (primary N) is 1. The molecule has 0 saturated carbocycles. The Hall–Kier alpha value is -1.82. The molecule has 1 aromatic carbocycles. The van der Waals surface area contributed by atoms with Gasteiger partial charge in [-0.15, -0.1) is 0 Å². The molecular weight excluding hydrogens is 229 g/mol. The van der Waals surface area contributed by atoms with Crippen LogP contribution in [0.4, 0.5) is 4.39 Å². The van der Waals surface area contributed by atoms with E-state index < -0.39 is 17.7 Å². The summed E-state index contributed by atoms with van der Waals surface area (Å²) in [6, 6.07) is 2.78. The molecule has 0 aliphatic heterocycles. The number of carboxylic acids is 1. The predicted molar refractivity (Wildman–Crippen MR) is 58.9 cm³/mol. The first-order valence-corrected chi connectivity index (χ1v) is 4.90. The fourth-order valence-corrected chi connectivity index (χ4v) is 1.53. The average Bonchev–Trinajstić information content (AvgIpc) is 2.31. The molecule has 0 radical (unpaired) electrons. The molecule has 0 saturated heterocycles. The van der Waals surface area contributed by atoms with Gasteiger partial charge in [0.25, 0.3) is 0 Å². The second-order valence-corrected chi connectivity index (χ2v) is 3.33. The number of carbonyl (C=O) groups is 1. The van der Waals surface area contributed by atoms with Crippen LogP contribution in [0.3, 0.4) is 0 Å². The maximum atomic E-state index is 14.0. The van der Waals surface area contributed by atoms with Crippen LogP contribution in [0.1, 0.15) is 11.5 Å². The molecule has 0 fully saturated rings. The highest BCUT2D eigenvalue weighted by molar-refractivity contribution is 5.77. The van der Waals surface area contributed by atoms with Gasteiger partial charge in [-0.1, -0.05) is 6.07 Å². The summed E-state index contributed by atoms with van der Waals surface area (Å²) in [5.41, 5.74) is 5.30. The number of halogens is 1. The lowest BCUT2D eigenvalue weighted by Crippen LogP contribution is -2.22. The van der Waals surface area contributed by atoms with Gasteiger partial charge in [-0.05, 0) is 6.07 Å². The smallest absolute Gasteiger partial charge is 0.312 e. The van der Waals surface area contributed by atoms with Crippen molar-refractivity contribution in [1.29, 1.82) is 0 Å². The Morgan fingerprint density at radius 3 is 2.53 bits per heavy atom. The number of ether oxygens (including phenoxy) is 2. The van der Waals surface area contributed by atoms with Crippen LogP contribution in [0.25, 0.3) is 0 Å². The van der Waals surface area contributed by atoms with Crippen LogP contribution in [0.2, 0.25) is 0 Å². The zero-order valence-corrected chi connectivity index (χ0v) is 9.57. The molecule has 1 rings (SSSR count). The van der Waals surface area contributed by atoms with E-state index in [2.05, 4.69) is 0 Å². The van der Waals surface area contributed by atoms with E-state index in [0.717, 1.165) is 0 Å². The van der Waals surface area contributed by atoms with Crippen molar-refractivity contribution in [1.82, 2.24) is 0 Å². The molecule has 0 amide bonds. The van der Waals surface area contributed by atoms with Gasteiger partial charge in [-0.2, -0.15) is 0 Å². The van der Waals surface area contributed by atoms with Crippen molar-refractivity contribution in [2.45, 2.75) is 5.92 Å². The van der Waals surface area contributed by atoms with Gasteiger partial charge in [0, 0.05) is 12.1 Å². The van der Waals surface area contributed by atoms with Gasteiger partial charge in [-0.25, -0.2) is 4.39 Å². The minimum atomic E-state index is -1.18. The van der Waals surface area contributed by atoms with Gasteiger partial charge in [-0.3, -0.25) is 4.79 Å². The van der Waals surface area contributed by atoms with Crippen LogP contribution < -0.4 is 15.2 Å². The van der Waals surface area contributed by atoms with Crippen LogP contribution in [-0.4, -0.2) is 31.8 Å². The SMILES string of the molecule is COc1ccc(C(CN)C(=O)O)c(F)c1OC. The first kappa shape index (κ1) is 13.2. The fraction of sp³-hybridized carbons (Fsp3) is 0.364. The lowest BCUT2D eigenvalue weighted by atomic mass is 9.98. The number of rotatable bonds is 5. The largest absolute Gasteiger partial charge is 0.493 e. The van der Waals surface area contributed by atoms with Crippen molar-refractivity contribution in [3.05, 3.63) is 23.5 Å². The molecule has 6 heteroatoms. The second-order valence-electron chi connectivity index (χ2n) is 3.33. The third-order valence-corrected chi connectivity index (χ3v) is 2.42. The van der Waals surface area contributed by atoms with E-state index in [9.17, 15) is 9.18 Å². The summed E-state index contributed by atoms with van der Waals surface area (Å²) < 4.78 is 23.7. The third-order valence-electron chi connectivity index (χ3n) is 2.42. The molecule has 94 valence electrons. The van der Waals surface area contributed by atoms with Crippen molar-refractivity contribution in [3.8, 4) is 11.5 Å². The number of carboxylic acid groups (broad SMARTS) is 1. The van der Waals surface area contributed by atoms with Crippen molar-refractivity contribution in [3.63, 3.8) is 0 Å². The molecule has 5 nitrogen and oxygen atoms in total. The molecule has 0 aliphatic rings. The normalized spacial score (nSPS) is 12.0. The Morgan fingerprint density at radius 2 is 2.12 bits per heavy atom. The Balaban J connectivity index is 3.31. The quantitative estimate of drug-likeness (QED) is 0.805. The monoisotopic (exact) mass is 243 g/mol. The highest BCUT2D eigenvalue weighted by atomic mass is 19.1. The molecule has 17 heavy (non-hydrogen) atoms. The summed E-state index contributed by atoms with van der Waals surface area (Å²) in [4.78, 5) is 10.9. The molecule has 0 spiro atoms. The third kappa shape index (κ3) is 2.47. The minimum Gasteiger partial charge on any atom is -0.493 e. The van der Waals surface area contributed by atoms with E-state index in [1.165, 1.54) is 26.4 Å². The molecule has 0 bridgehead atoms. The maximum Gasteiger partial charge on any atom is 0.312 e. The number of aliphatic carboxylic acids is 1. The lowest BCUT2D eigenvalue weighted by molar-refractivity contribution is -0.138. The van der Waals surface area contributed by atoms with E-state index in [-0.39, 0.29) is 23.6 Å². The summed E-state index contributed by atoms with van der Waals surface area (Å²) in [7, 11) is 2.65. The standard InChI is InChI=1S/C11H14FNO4/c1-16-8-4-3-6(7(5-13)11(14)15)9(12)10(8)17-2/h3-4,7H,5,13H2,1-2H3,(H,14,15). The molecular formula is C11H14FNO4. The minimum absolute atomic E-state index is 0.0161. The number of hydrogen-bond donors (Lipinski definition) is 2. The van der Waals surface area contributed by atoms with E-state index in [4.69, 9.17) is 20.3 Å². The fourth-order valence-electron chi connectivity index (χ4n) is 1.53. The molecule has 1 aromatic rings. The molecule has 0 aromatic heterocycles. The van der Waals surface area contributed by atoms with Gasteiger partial charge in [0.2, 0.25) is 0 Å². The summed E-state index contributed by atoms with van der Waals surface area (Å²) in [5, 5.41) is 8.92. The van der Waals surface area contributed by atoms with Crippen molar-refractivity contribution >= 4 is 5.97 Å². The van der Waals surface area contributed by atoms with Crippen LogP contribution >= 0.6 is 0 Å². The average molecular weight is 243 g/mol. The predicted octanol–water partition coefficient (Wildman–Crippen LogP) is 0.970. The number of hydrogen-bond acceptors (Lipinski definition) is 4. The summed E-state index contributed by atoms with van der Waals surface area (Å²) in [5.74, 6) is -2.96. The van der Waals surface area contributed by atoms with E-state index in [1.807, 2.05) is 0 Å². The Bertz CT molecular complexity index is 422. The zero-order chi connectivity index (χ0) is 13.0. The molecule has 3 N–H and O–H groups in total. The van der Waals surface area contributed by atoms with Gasteiger partial charge in [0.05, 0.1) is 20.1 Å². The Kier molecular flexibility index (Phi) is 4.28. The van der Waals surface area contributed by atoms with Gasteiger partial charge >= 0.3 is 5.97 Å². The molecule has 1 atom stereocenters. The first-order valence-electron chi connectivity index (χ1n) is 4.90. The van der Waals surface area contributed by atoms with Crippen LogP contribution in [0, 0.1) is 5.82 Å². The van der Waals surface area contributed by atoms with Crippen molar-refractivity contribution in [2.75, 3.05) is 20.8 Å². The van der Waals surface area contributed by atoms with Crippen LogP contribution in [0.5, 0.6) is 11.5 Å². The highest BCUT2D eigenvalue weighted by Gasteiger charge is 2.25. The van der Waals surface area contributed by atoms with Crippen molar-refractivity contribution < 1.29 is 23.8 Å². The summed E-state index contributed by atoms with van der Waals surface area (Å²) in [6.45, 7) is -0.193. The highest BCUT2D eigenvalue weighted by Crippen LogP contribution is 2.34. The second kappa shape index (κ2) is 5.49. The first-order chi connectivity index (χ1) is 8.06. The zero-order valence-electron chi connectivity index (χ0n) is 9.57. The van der Waals surface area contributed by atoms with Gasteiger partial charge < -0.3 is 20.3 Å². The summed E-state index contributed by atoms with van der Waals surface area (Å²) >= 11 is 0. The van der Waals surface area contributed by atoms with Crippen molar-refractivity contribution in [2.24, 2.45) is 5.73 Å². The Labute approximate surface area is 97.9 Å². The van der Waals surface area contributed by atoms with E-state index in [1.54, 1.807) is 0 Å². The Morgan fingerprint density at radius 1 is 1.47 bits per heavy atom. The molecule has 0 aliphatic carbocycles. The van der Waals surface area contributed by atoms with E-state index in [0.29, 0.717) is 0 Å². The lowest BCUT2D eigenvalue weighted by Gasteiger charge is -2.15. The number of benzene rings is 1. The molecule has 0 heterocycles. The van der Waals surface area contributed by atoms with Gasteiger partial charge in [0.1, 0.15) is 0 Å². The van der Waals surface area contributed by atoms with Crippen LogP contribution in [0.15, 0.2) is 12.1 Å². The number of methoxy groups -OCH3 is 2. The topological polar surface area (TPSA) is 81.8 Å². The summed E-state index contributed by atoms with van der Waals surface area (Å²) in [6.07, 6.45) is 0. The van der Waals surface area contributed by atoms with E-state index >= 15 is 0 Å². The van der Waals surface area contributed by atoms with Crippen LogP contribution in [-0.2, 0) is 4.79 Å². The molecule has 1 unspecified atom stereocenters. The van der Waals surface area contributed by atoms with Gasteiger partial charge in [0.15, 0.2) is 17.3 Å².